The predicted molar refractivity (Wildman–Crippen MR) is 103 cm³/mol. The van der Waals surface area contributed by atoms with E-state index in [0.717, 1.165) is 32.1 Å². The fourth-order valence-electron chi connectivity index (χ4n) is 2.59. The van der Waals surface area contributed by atoms with Gasteiger partial charge in [0.2, 0.25) is 0 Å². The SMILES string of the molecule is CCNC(=NCC1(C)CCCO1)NCCc1ccc(F)cc1F.I. The third kappa shape index (κ3) is 6.51. The van der Waals surface area contributed by atoms with Crippen molar-refractivity contribution in [2.75, 3.05) is 26.2 Å². The zero-order valence-corrected chi connectivity index (χ0v) is 16.5. The van der Waals surface area contributed by atoms with Crippen molar-refractivity contribution in [2.24, 2.45) is 4.99 Å². The van der Waals surface area contributed by atoms with Crippen molar-refractivity contribution in [1.29, 1.82) is 0 Å². The van der Waals surface area contributed by atoms with Crippen molar-refractivity contribution in [3.8, 4) is 0 Å². The Morgan fingerprint density at radius 2 is 2.12 bits per heavy atom. The van der Waals surface area contributed by atoms with Gasteiger partial charge in [0.25, 0.3) is 0 Å². The second-order valence-corrected chi connectivity index (χ2v) is 6.01. The molecular weight excluding hydrogens is 427 g/mol. The van der Waals surface area contributed by atoms with Gasteiger partial charge in [-0.2, -0.15) is 0 Å². The van der Waals surface area contributed by atoms with E-state index in [-0.39, 0.29) is 29.6 Å². The average Bonchev–Trinajstić information content (AvgIpc) is 2.94. The maximum atomic E-state index is 13.6. The van der Waals surface area contributed by atoms with Crippen molar-refractivity contribution in [3.63, 3.8) is 0 Å². The van der Waals surface area contributed by atoms with Crippen molar-refractivity contribution in [3.05, 3.63) is 35.4 Å². The van der Waals surface area contributed by atoms with Crippen molar-refractivity contribution < 1.29 is 13.5 Å². The molecule has 1 aromatic rings. The Hall–Kier alpha value is -0.960. The van der Waals surface area contributed by atoms with Gasteiger partial charge >= 0.3 is 0 Å². The van der Waals surface area contributed by atoms with Gasteiger partial charge in [0, 0.05) is 25.8 Å². The summed E-state index contributed by atoms with van der Waals surface area (Å²) in [4.78, 5) is 4.55. The number of rotatable bonds is 6. The molecule has 1 atom stereocenters. The lowest BCUT2D eigenvalue weighted by Crippen LogP contribution is -2.40. The molecule has 1 heterocycles. The summed E-state index contributed by atoms with van der Waals surface area (Å²) in [5.74, 6) is -0.383. The molecule has 0 aromatic heterocycles. The molecule has 4 nitrogen and oxygen atoms in total. The van der Waals surface area contributed by atoms with Crippen LogP contribution in [0.15, 0.2) is 23.2 Å². The van der Waals surface area contributed by atoms with Crippen LogP contribution in [0.5, 0.6) is 0 Å². The number of aliphatic imine (C=N–C) groups is 1. The molecule has 1 aliphatic heterocycles. The fourth-order valence-corrected chi connectivity index (χ4v) is 2.59. The number of guanidine groups is 1. The van der Waals surface area contributed by atoms with Crippen LogP contribution in [0.3, 0.4) is 0 Å². The van der Waals surface area contributed by atoms with Crippen LogP contribution in [-0.2, 0) is 11.2 Å². The molecule has 0 spiro atoms. The Balaban J connectivity index is 0.00000288. The molecule has 1 fully saturated rings. The lowest BCUT2D eigenvalue weighted by atomic mass is 10.0. The summed E-state index contributed by atoms with van der Waals surface area (Å²) in [7, 11) is 0. The molecule has 24 heavy (non-hydrogen) atoms. The highest BCUT2D eigenvalue weighted by Crippen LogP contribution is 2.24. The van der Waals surface area contributed by atoms with Gasteiger partial charge in [-0.25, -0.2) is 8.78 Å². The summed E-state index contributed by atoms with van der Waals surface area (Å²) in [5.41, 5.74) is 0.298. The monoisotopic (exact) mass is 453 g/mol. The number of hydrogen-bond donors (Lipinski definition) is 2. The molecule has 2 N–H and O–H groups in total. The van der Waals surface area contributed by atoms with E-state index in [2.05, 4.69) is 22.5 Å². The predicted octanol–water partition coefficient (Wildman–Crippen LogP) is 3.25. The molecular formula is C17H26F2IN3O. The van der Waals surface area contributed by atoms with Gasteiger partial charge in [-0.15, -0.1) is 24.0 Å². The van der Waals surface area contributed by atoms with Crippen LogP contribution < -0.4 is 10.6 Å². The van der Waals surface area contributed by atoms with E-state index in [1.54, 1.807) is 0 Å². The first-order valence-electron chi connectivity index (χ1n) is 8.12. The molecule has 0 bridgehead atoms. The Kier molecular flexibility index (Phi) is 8.90. The van der Waals surface area contributed by atoms with Crippen LogP contribution in [0, 0.1) is 11.6 Å². The largest absolute Gasteiger partial charge is 0.373 e. The van der Waals surface area contributed by atoms with Gasteiger partial charge in [-0.1, -0.05) is 6.07 Å². The molecule has 0 amide bonds. The van der Waals surface area contributed by atoms with E-state index >= 15 is 0 Å². The van der Waals surface area contributed by atoms with Crippen LogP contribution >= 0.6 is 24.0 Å². The molecule has 0 saturated carbocycles. The van der Waals surface area contributed by atoms with Crippen molar-refractivity contribution in [1.82, 2.24) is 10.6 Å². The van der Waals surface area contributed by atoms with E-state index < -0.39 is 11.6 Å². The summed E-state index contributed by atoms with van der Waals surface area (Å²) < 4.78 is 32.2. The van der Waals surface area contributed by atoms with Gasteiger partial charge in [-0.3, -0.25) is 4.99 Å². The molecule has 0 radical (unpaired) electrons. The maximum Gasteiger partial charge on any atom is 0.191 e. The smallest absolute Gasteiger partial charge is 0.191 e. The number of benzene rings is 1. The normalized spacial score (nSPS) is 20.6. The number of nitrogens with zero attached hydrogens (tertiary/aromatic N) is 1. The minimum atomic E-state index is -0.557. The zero-order chi connectivity index (χ0) is 16.7. The Morgan fingerprint density at radius 3 is 2.75 bits per heavy atom. The third-order valence-corrected chi connectivity index (χ3v) is 3.92. The second kappa shape index (κ2) is 10.1. The summed E-state index contributed by atoms with van der Waals surface area (Å²) in [6, 6.07) is 3.66. The van der Waals surface area contributed by atoms with E-state index in [4.69, 9.17) is 4.74 Å². The first-order valence-corrected chi connectivity index (χ1v) is 8.12. The molecule has 0 aliphatic carbocycles. The molecule has 7 heteroatoms. The topological polar surface area (TPSA) is 45.7 Å². The maximum absolute atomic E-state index is 13.6. The Morgan fingerprint density at radius 1 is 1.33 bits per heavy atom. The standard InChI is InChI=1S/C17H25F2N3O.HI/c1-3-20-16(22-12-17(2)8-4-10-23-17)21-9-7-13-5-6-14(18)11-15(13)19;/h5-6,11H,3-4,7-10,12H2,1-2H3,(H2,20,21,22);1H. The zero-order valence-electron chi connectivity index (χ0n) is 14.2. The van der Waals surface area contributed by atoms with Gasteiger partial charge in [0.1, 0.15) is 11.6 Å². The molecule has 1 aromatic carbocycles. The first kappa shape index (κ1) is 21.1. The summed E-state index contributed by atoms with van der Waals surface area (Å²) in [6.45, 7) is 6.71. The molecule has 1 saturated heterocycles. The van der Waals surface area contributed by atoms with Gasteiger partial charge in [-0.05, 0) is 44.7 Å². The van der Waals surface area contributed by atoms with Crippen molar-refractivity contribution >= 4 is 29.9 Å². The number of halogens is 3. The van der Waals surface area contributed by atoms with Gasteiger partial charge in [0.15, 0.2) is 5.96 Å². The van der Waals surface area contributed by atoms with Gasteiger partial charge < -0.3 is 15.4 Å². The molecule has 136 valence electrons. The van der Waals surface area contributed by atoms with E-state index in [0.29, 0.717) is 31.0 Å². The van der Waals surface area contributed by atoms with Crippen LogP contribution in [0.1, 0.15) is 32.3 Å². The van der Waals surface area contributed by atoms with E-state index in [1.807, 2.05) is 6.92 Å². The fraction of sp³-hybridized carbons (Fsp3) is 0.588. The third-order valence-electron chi connectivity index (χ3n) is 3.92. The van der Waals surface area contributed by atoms with Crippen molar-refractivity contribution in [2.45, 2.75) is 38.7 Å². The van der Waals surface area contributed by atoms with Crippen LogP contribution in [0.25, 0.3) is 0 Å². The highest BCUT2D eigenvalue weighted by Gasteiger charge is 2.29. The van der Waals surface area contributed by atoms with E-state index in [1.165, 1.54) is 12.1 Å². The highest BCUT2D eigenvalue weighted by atomic mass is 127. The molecule has 2 rings (SSSR count). The number of nitrogens with one attached hydrogen (secondary N) is 2. The van der Waals surface area contributed by atoms with E-state index in [9.17, 15) is 8.78 Å². The minimum Gasteiger partial charge on any atom is -0.373 e. The second-order valence-electron chi connectivity index (χ2n) is 6.01. The minimum absolute atomic E-state index is 0. The highest BCUT2D eigenvalue weighted by molar-refractivity contribution is 14.0. The van der Waals surface area contributed by atoms with Crippen LogP contribution in [-0.4, -0.2) is 37.8 Å². The number of hydrogen-bond acceptors (Lipinski definition) is 2. The van der Waals surface area contributed by atoms with Crippen LogP contribution in [0.4, 0.5) is 8.78 Å². The molecule has 1 aliphatic rings. The number of ether oxygens (including phenoxy) is 1. The summed E-state index contributed by atoms with van der Waals surface area (Å²) in [5, 5.41) is 6.34. The average molecular weight is 453 g/mol. The Labute approximate surface area is 159 Å². The quantitative estimate of drug-likeness (QED) is 0.395. The first-order chi connectivity index (χ1) is 11.0. The van der Waals surface area contributed by atoms with Crippen LogP contribution in [0.2, 0.25) is 0 Å². The Bertz CT molecular complexity index is 549. The summed E-state index contributed by atoms with van der Waals surface area (Å²) >= 11 is 0. The van der Waals surface area contributed by atoms with Gasteiger partial charge in [0.05, 0.1) is 12.1 Å². The molecule has 1 unspecified atom stereocenters. The lowest BCUT2D eigenvalue weighted by Gasteiger charge is -2.21. The lowest BCUT2D eigenvalue weighted by molar-refractivity contribution is 0.0283. The summed E-state index contributed by atoms with van der Waals surface area (Å²) in [6.07, 6.45) is 2.54.